The molecule has 2 aromatic rings. The van der Waals surface area contributed by atoms with E-state index in [-0.39, 0.29) is 5.91 Å². The Morgan fingerprint density at radius 2 is 1.95 bits per heavy atom. The number of hydrogen-bond donors (Lipinski definition) is 0. The van der Waals surface area contributed by atoms with Crippen LogP contribution < -0.4 is 9.47 Å². The summed E-state index contributed by atoms with van der Waals surface area (Å²) in [4.78, 5) is 14.1. The Morgan fingerprint density at radius 1 is 1.23 bits per heavy atom. The van der Waals surface area contributed by atoms with Gasteiger partial charge in [-0.15, -0.1) is 0 Å². The highest BCUT2D eigenvalue weighted by molar-refractivity contribution is 5.95. The number of carbonyl (C=O) groups excluding carboxylic acids is 1. The molecule has 1 aliphatic rings. The minimum atomic E-state index is -0.105. The summed E-state index contributed by atoms with van der Waals surface area (Å²) in [5, 5.41) is 3.83. The molecule has 0 N–H and O–H groups in total. The third kappa shape index (κ3) is 2.64. The van der Waals surface area contributed by atoms with Gasteiger partial charge in [-0.2, -0.15) is 0 Å². The normalized spacial score (nSPS) is 13.0. The van der Waals surface area contributed by atoms with Gasteiger partial charge in [0.1, 0.15) is 24.5 Å². The molecule has 116 valence electrons. The van der Waals surface area contributed by atoms with Crippen molar-refractivity contribution in [1.29, 1.82) is 0 Å². The molecule has 0 saturated heterocycles. The molecule has 0 atom stereocenters. The van der Waals surface area contributed by atoms with Crippen molar-refractivity contribution in [3.63, 3.8) is 0 Å². The highest BCUT2D eigenvalue weighted by atomic mass is 16.6. The number of nitrogens with zero attached hydrogens (tertiary/aromatic N) is 2. The second-order valence-corrected chi connectivity index (χ2v) is 5.34. The van der Waals surface area contributed by atoms with Crippen molar-refractivity contribution in [2.75, 3.05) is 20.3 Å². The van der Waals surface area contributed by atoms with Gasteiger partial charge in [0.25, 0.3) is 5.91 Å². The summed E-state index contributed by atoms with van der Waals surface area (Å²) in [7, 11) is 1.75. The Hall–Kier alpha value is -2.50. The summed E-state index contributed by atoms with van der Waals surface area (Å²) in [5.41, 5.74) is 2.11. The number of aryl methyl sites for hydroxylation is 2. The molecule has 0 fully saturated rings. The SMILES string of the molecule is Cc1noc(C)c1C(=O)N(C)Cc1ccc2c(c1)OCCO2. The van der Waals surface area contributed by atoms with Gasteiger partial charge in [0.15, 0.2) is 11.5 Å². The Kier molecular flexibility index (Phi) is 3.75. The lowest BCUT2D eigenvalue weighted by atomic mass is 10.1. The lowest BCUT2D eigenvalue weighted by Gasteiger charge is -2.21. The first-order valence-electron chi connectivity index (χ1n) is 7.13. The Balaban J connectivity index is 1.77. The van der Waals surface area contributed by atoms with Crippen molar-refractivity contribution in [2.24, 2.45) is 0 Å². The average Bonchev–Trinajstić information content (AvgIpc) is 2.85. The first kappa shape index (κ1) is 14.4. The van der Waals surface area contributed by atoms with Gasteiger partial charge in [-0.3, -0.25) is 4.79 Å². The summed E-state index contributed by atoms with van der Waals surface area (Å²) in [6.45, 7) is 5.09. The number of aromatic nitrogens is 1. The molecule has 1 aliphatic heterocycles. The van der Waals surface area contributed by atoms with E-state index in [1.807, 2.05) is 18.2 Å². The standard InChI is InChI=1S/C16H18N2O4/c1-10-15(11(2)22-17-10)16(19)18(3)9-12-4-5-13-14(8-12)21-7-6-20-13/h4-5,8H,6-7,9H2,1-3H3. The Morgan fingerprint density at radius 3 is 2.64 bits per heavy atom. The molecule has 0 saturated carbocycles. The van der Waals surface area contributed by atoms with Crippen LogP contribution in [0.2, 0.25) is 0 Å². The molecular formula is C16H18N2O4. The number of hydrogen-bond acceptors (Lipinski definition) is 5. The van der Waals surface area contributed by atoms with E-state index in [0.29, 0.717) is 36.8 Å². The van der Waals surface area contributed by atoms with Crippen LogP contribution in [0.3, 0.4) is 0 Å². The zero-order valence-corrected chi connectivity index (χ0v) is 12.9. The van der Waals surface area contributed by atoms with E-state index in [9.17, 15) is 4.79 Å². The molecule has 3 rings (SSSR count). The third-order valence-electron chi connectivity index (χ3n) is 3.62. The molecule has 2 heterocycles. The van der Waals surface area contributed by atoms with Crippen LogP contribution in [0, 0.1) is 13.8 Å². The van der Waals surface area contributed by atoms with Crippen LogP contribution >= 0.6 is 0 Å². The topological polar surface area (TPSA) is 64.8 Å². The molecule has 1 amide bonds. The lowest BCUT2D eigenvalue weighted by molar-refractivity contribution is 0.0782. The van der Waals surface area contributed by atoms with Gasteiger partial charge < -0.3 is 18.9 Å². The van der Waals surface area contributed by atoms with Crippen molar-refractivity contribution in [3.8, 4) is 11.5 Å². The van der Waals surface area contributed by atoms with Gasteiger partial charge >= 0.3 is 0 Å². The van der Waals surface area contributed by atoms with Crippen molar-refractivity contribution >= 4 is 5.91 Å². The number of ether oxygens (including phenoxy) is 2. The predicted octanol–water partition coefficient (Wildman–Crippen LogP) is 2.33. The van der Waals surface area contributed by atoms with Crippen LogP contribution in [0.4, 0.5) is 0 Å². The number of carbonyl (C=O) groups is 1. The van der Waals surface area contributed by atoms with Gasteiger partial charge in [0.05, 0.1) is 5.69 Å². The zero-order chi connectivity index (χ0) is 15.7. The molecule has 0 aliphatic carbocycles. The minimum Gasteiger partial charge on any atom is -0.486 e. The average molecular weight is 302 g/mol. The molecule has 0 bridgehead atoms. The molecule has 22 heavy (non-hydrogen) atoms. The van der Waals surface area contributed by atoms with Gasteiger partial charge in [-0.05, 0) is 31.5 Å². The van der Waals surface area contributed by atoms with Crippen molar-refractivity contribution in [2.45, 2.75) is 20.4 Å². The van der Waals surface area contributed by atoms with Gasteiger partial charge in [0.2, 0.25) is 0 Å². The summed E-state index contributed by atoms with van der Waals surface area (Å²) in [5.74, 6) is 1.90. The quantitative estimate of drug-likeness (QED) is 0.870. The summed E-state index contributed by atoms with van der Waals surface area (Å²) >= 11 is 0. The fourth-order valence-corrected chi connectivity index (χ4v) is 2.51. The first-order valence-corrected chi connectivity index (χ1v) is 7.13. The van der Waals surface area contributed by atoms with Crippen LogP contribution in [0.5, 0.6) is 11.5 Å². The van der Waals surface area contributed by atoms with Crippen molar-refractivity contribution in [1.82, 2.24) is 10.1 Å². The monoisotopic (exact) mass is 302 g/mol. The van der Waals surface area contributed by atoms with E-state index in [1.54, 1.807) is 25.8 Å². The molecule has 1 aromatic heterocycles. The maximum absolute atomic E-state index is 12.5. The second kappa shape index (κ2) is 5.71. The van der Waals surface area contributed by atoms with E-state index in [2.05, 4.69) is 5.16 Å². The van der Waals surface area contributed by atoms with E-state index in [1.165, 1.54) is 0 Å². The maximum Gasteiger partial charge on any atom is 0.259 e. The predicted molar refractivity (Wildman–Crippen MR) is 79.2 cm³/mol. The Labute approximate surface area is 128 Å². The molecule has 6 heteroatoms. The van der Waals surface area contributed by atoms with Crippen LogP contribution in [0.15, 0.2) is 22.7 Å². The van der Waals surface area contributed by atoms with Crippen LogP contribution in [-0.2, 0) is 6.54 Å². The van der Waals surface area contributed by atoms with Crippen molar-refractivity contribution < 1.29 is 18.8 Å². The molecule has 1 aromatic carbocycles. The highest BCUT2D eigenvalue weighted by Crippen LogP contribution is 2.31. The number of fused-ring (bicyclic) bond motifs is 1. The zero-order valence-electron chi connectivity index (χ0n) is 12.9. The fourth-order valence-electron chi connectivity index (χ4n) is 2.51. The first-order chi connectivity index (χ1) is 10.6. The van der Waals surface area contributed by atoms with Crippen LogP contribution in [0.1, 0.15) is 27.4 Å². The fraction of sp³-hybridized carbons (Fsp3) is 0.375. The second-order valence-electron chi connectivity index (χ2n) is 5.34. The lowest BCUT2D eigenvalue weighted by Crippen LogP contribution is -2.27. The number of benzene rings is 1. The number of amides is 1. The van der Waals surface area contributed by atoms with Crippen LogP contribution in [-0.4, -0.2) is 36.2 Å². The summed E-state index contributed by atoms with van der Waals surface area (Å²) in [6.07, 6.45) is 0. The highest BCUT2D eigenvalue weighted by Gasteiger charge is 2.21. The molecular weight excluding hydrogens is 284 g/mol. The van der Waals surface area contributed by atoms with Gasteiger partial charge in [0, 0.05) is 13.6 Å². The summed E-state index contributed by atoms with van der Waals surface area (Å²) < 4.78 is 16.1. The molecule has 0 spiro atoms. The molecule has 0 unspecified atom stereocenters. The van der Waals surface area contributed by atoms with E-state index >= 15 is 0 Å². The summed E-state index contributed by atoms with van der Waals surface area (Å²) in [6, 6.07) is 5.72. The van der Waals surface area contributed by atoms with Crippen molar-refractivity contribution in [3.05, 3.63) is 40.8 Å². The largest absolute Gasteiger partial charge is 0.486 e. The smallest absolute Gasteiger partial charge is 0.259 e. The van der Waals surface area contributed by atoms with E-state index in [4.69, 9.17) is 14.0 Å². The van der Waals surface area contributed by atoms with E-state index < -0.39 is 0 Å². The van der Waals surface area contributed by atoms with E-state index in [0.717, 1.165) is 17.1 Å². The Bertz CT molecular complexity index is 689. The molecule has 0 radical (unpaired) electrons. The van der Waals surface area contributed by atoms with Gasteiger partial charge in [-0.25, -0.2) is 0 Å². The van der Waals surface area contributed by atoms with Gasteiger partial charge in [-0.1, -0.05) is 11.2 Å². The molecule has 6 nitrogen and oxygen atoms in total. The number of rotatable bonds is 3. The third-order valence-corrected chi connectivity index (χ3v) is 3.62. The maximum atomic E-state index is 12.5. The van der Waals surface area contributed by atoms with Crippen LogP contribution in [0.25, 0.3) is 0 Å². The minimum absolute atomic E-state index is 0.105.